The van der Waals surface area contributed by atoms with Crippen LogP contribution in [-0.2, 0) is 0 Å². The van der Waals surface area contributed by atoms with Gasteiger partial charge >= 0.3 is 0 Å². The summed E-state index contributed by atoms with van der Waals surface area (Å²) in [6.45, 7) is 3.56. The summed E-state index contributed by atoms with van der Waals surface area (Å²) in [5.41, 5.74) is 2.56. The fourth-order valence-corrected chi connectivity index (χ4v) is 2.33. The van der Waals surface area contributed by atoms with Crippen molar-refractivity contribution in [1.82, 2.24) is 0 Å². The summed E-state index contributed by atoms with van der Waals surface area (Å²) in [6.07, 6.45) is -0.920. The predicted octanol–water partition coefficient (Wildman–Crippen LogP) is 4.19. The number of benzene rings is 2. The number of rotatable bonds is 3. The van der Waals surface area contributed by atoms with Gasteiger partial charge in [-0.1, -0.05) is 23.7 Å². The van der Waals surface area contributed by atoms with Crippen molar-refractivity contribution in [1.29, 1.82) is 0 Å². The van der Waals surface area contributed by atoms with Crippen LogP contribution in [0, 0.1) is 19.7 Å². The van der Waals surface area contributed by atoms with Gasteiger partial charge in [-0.2, -0.15) is 0 Å². The molecule has 4 heteroatoms. The van der Waals surface area contributed by atoms with Crippen LogP contribution in [0.5, 0.6) is 5.75 Å². The molecule has 0 radical (unpaired) electrons. The Kier molecular flexibility index (Phi) is 4.31. The van der Waals surface area contributed by atoms with Crippen LogP contribution in [-0.4, -0.2) is 12.2 Å². The van der Waals surface area contributed by atoms with E-state index >= 15 is 0 Å². The molecule has 0 aromatic heterocycles. The van der Waals surface area contributed by atoms with Crippen LogP contribution >= 0.6 is 11.6 Å². The second-order valence-electron chi connectivity index (χ2n) is 4.75. The van der Waals surface area contributed by atoms with Crippen LogP contribution in [0.15, 0.2) is 30.3 Å². The van der Waals surface area contributed by atoms with Crippen molar-refractivity contribution in [3.8, 4) is 5.75 Å². The minimum absolute atomic E-state index is 0.208. The van der Waals surface area contributed by atoms with Crippen molar-refractivity contribution in [3.05, 3.63) is 63.4 Å². The van der Waals surface area contributed by atoms with Crippen molar-refractivity contribution < 1.29 is 14.2 Å². The Morgan fingerprint density at radius 1 is 1.15 bits per heavy atom. The highest BCUT2D eigenvalue weighted by Crippen LogP contribution is 2.32. The Bertz CT molecular complexity index is 641. The van der Waals surface area contributed by atoms with Gasteiger partial charge in [-0.05, 0) is 48.7 Å². The highest BCUT2D eigenvalue weighted by molar-refractivity contribution is 6.31. The van der Waals surface area contributed by atoms with Gasteiger partial charge in [0.1, 0.15) is 17.7 Å². The zero-order valence-electron chi connectivity index (χ0n) is 11.6. The first kappa shape index (κ1) is 14.8. The second-order valence-corrected chi connectivity index (χ2v) is 5.16. The van der Waals surface area contributed by atoms with E-state index in [1.807, 2.05) is 13.0 Å². The molecule has 0 aliphatic rings. The molecule has 2 aromatic carbocycles. The van der Waals surface area contributed by atoms with Crippen LogP contribution in [0.25, 0.3) is 0 Å². The van der Waals surface area contributed by atoms with E-state index in [0.717, 1.165) is 5.56 Å². The molecule has 1 unspecified atom stereocenters. The van der Waals surface area contributed by atoms with Gasteiger partial charge in [0.2, 0.25) is 0 Å². The van der Waals surface area contributed by atoms with E-state index in [0.29, 0.717) is 22.4 Å². The molecule has 0 aliphatic heterocycles. The average Bonchev–Trinajstić information content (AvgIpc) is 2.42. The first-order valence-corrected chi connectivity index (χ1v) is 6.60. The van der Waals surface area contributed by atoms with E-state index in [-0.39, 0.29) is 10.8 Å². The summed E-state index contributed by atoms with van der Waals surface area (Å²) in [5.74, 6) is 0.309. The molecule has 0 bridgehead atoms. The molecule has 2 nitrogen and oxygen atoms in total. The van der Waals surface area contributed by atoms with Crippen LogP contribution in [0.3, 0.4) is 0 Å². The number of hydrogen-bond donors (Lipinski definition) is 1. The molecule has 106 valence electrons. The molecule has 1 atom stereocenters. The summed E-state index contributed by atoms with van der Waals surface area (Å²) >= 11 is 6.02. The fourth-order valence-electron chi connectivity index (χ4n) is 2.08. The summed E-state index contributed by atoms with van der Waals surface area (Å²) in [6, 6.07) is 8.21. The molecule has 2 aromatic rings. The zero-order chi connectivity index (χ0) is 14.9. The van der Waals surface area contributed by atoms with Gasteiger partial charge in [0.25, 0.3) is 0 Å². The summed E-state index contributed by atoms with van der Waals surface area (Å²) in [7, 11) is 1.58. The molecule has 1 N–H and O–H groups in total. The molecule has 0 aliphatic carbocycles. The quantitative estimate of drug-likeness (QED) is 0.920. The number of aliphatic hydroxyl groups is 1. The van der Waals surface area contributed by atoms with Gasteiger partial charge < -0.3 is 9.84 Å². The maximum atomic E-state index is 13.4. The van der Waals surface area contributed by atoms with E-state index in [4.69, 9.17) is 16.3 Å². The maximum absolute atomic E-state index is 13.4. The average molecular weight is 295 g/mol. The Balaban J connectivity index is 2.46. The smallest absolute Gasteiger partial charge is 0.127 e. The Morgan fingerprint density at radius 2 is 1.85 bits per heavy atom. The minimum atomic E-state index is -0.920. The first-order valence-electron chi connectivity index (χ1n) is 6.22. The van der Waals surface area contributed by atoms with Crippen LogP contribution in [0.1, 0.15) is 28.4 Å². The van der Waals surface area contributed by atoms with E-state index in [2.05, 4.69) is 0 Å². The zero-order valence-corrected chi connectivity index (χ0v) is 12.3. The topological polar surface area (TPSA) is 29.5 Å². The summed E-state index contributed by atoms with van der Waals surface area (Å²) in [4.78, 5) is 0. The van der Waals surface area contributed by atoms with Crippen molar-refractivity contribution in [2.45, 2.75) is 20.0 Å². The molecule has 0 saturated heterocycles. The van der Waals surface area contributed by atoms with E-state index in [9.17, 15) is 9.50 Å². The molecule has 2 rings (SSSR count). The molecule has 0 amide bonds. The third-order valence-electron chi connectivity index (χ3n) is 3.32. The van der Waals surface area contributed by atoms with Gasteiger partial charge in [-0.15, -0.1) is 0 Å². The predicted molar refractivity (Wildman–Crippen MR) is 77.9 cm³/mol. The number of aryl methyl sites for hydroxylation is 2. The minimum Gasteiger partial charge on any atom is -0.496 e. The first-order chi connectivity index (χ1) is 9.43. The number of aliphatic hydroxyl groups excluding tert-OH is 1. The second kappa shape index (κ2) is 5.81. The van der Waals surface area contributed by atoms with Crippen LogP contribution < -0.4 is 4.74 Å². The molecular weight excluding hydrogens is 279 g/mol. The van der Waals surface area contributed by atoms with Gasteiger partial charge in [0.05, 0.1) is 7.11 Å². The van der Waals surface area contributed by atoms with Crippen molar-refractivity contribution in [3.63, 3.8) is 0 Å². The number of halogens is 2. The lowest BCUT2D eigenvalue weighted by Crippen LogP contribution is -2.03. The van der Waals surface area contributed by atoms with Gasteiger partial charge in [0.15, 0.2) is 0 Å². The summed E-state index contributed by atoms with van der Waals surface area (Å²) < 4.78 is 18.7. The standard InChI is InChI=1S/C16H16ClFO2/c1-9-4-5-11(7-15(9)20-3)16(19)12-6-10(2)14(18)8-13(12)17/h4-8,16,19H,1-3H3. The van der Waals surface area contributed by atoms with E-state index in [1.165, 1.54) is 6.07 Å². The monoisotopic (exact) mass is 294 g/mol. The summed E-state index contributed by atoms with van der Waals surface area (Å²) in [5, 5.41) is 10.6. The molecule has 0 saturated carbocycles. The highest BCUT2D eigenvalue weighted by Gasteiger charge is 2.17. The molecule has 0 heterocycles. The lowest BCUT2D eigenvalue weighted by molar-refractivity contribution is 0.219. The molecule has 0 fully saturated rings. The van der Waals surface area contributed by atoms with Crippen LogP contribution in [0.2, 0.25) is 5.02 Å². The number of ether oxygens (including phenoxy) is 1. The fraction of sp³-hybridized carbons (Fsp3) is 0.250. The van der Waals surface area contributed by atoms with Crippen molar-refractivity contribution in [2.24, 2.45) is 0 Å². The van der Waals surface area contributed by atoms with E-state index < -0.39 is 6.10 Å². The highest BCUT2D eigenvalue weighted by atomic mass is 35.5. The van der Waals surface area contributed by atoms with E-state index in [1.54, 1.807) is 32.2 Å². The number of hydrogen-bond acceptors (Lipinski definition) is 2. The maximum Gasteiger partial charge on any atom is 0.127 e. The Labute approximate surface area is 122 Å². The third-order valence-corrected chi connectivity index (χ3v) is 3.65. The normalized spacial score (nSPS) is 12.3. The largest absolute Gasteiger partial charge is 0.496 e. The Hall–Kier alpha value is -1.58. The third kappa shape index (κ3) is 2.79. The lowest BCUT2D eigenvalue weighted by Gasteiger charge is -2.16. The number of methoxy groups -OCH3 is 1. The molecule has 0 spiro atoms. The lowest BCUT2D eigenvalue weighted by atomic mass is 9.98. The van der Waals surface area contributed by atoms with Crippen molar-refractivity contribution >= 4 is 11.6 Å². The Morgan fingerprint density at radius 3 is 2.50 bits per heavy atom. The van der Waals surface area contributed by atoms with Gasteiger partial charge in [-0.25, -0.2) is 4.39 Å². The van der Waals surface area contributed by atoms with Crippen LogP contribution in [0.4, 0.5) is 4.39 Å². The molecular formula is C16H16ClFO2. The van der Waals surface area contributed by atoms with Gasteiger partial charge in [-0.3, -0.25) is 0 Å². The molecule has 20 heavy (non-hydrogen) atoms. The van der Waals surface area contributed by atoms with Gasteiger partial charge in [0, 0.05) is 10.6 Å². The van der Waals surface area contributed by atoms with Crippen molar-refractivity contribution in [2.75, 3.05) is 7.11 Å². The SMILES string of the molecule is COc1cc(C(O)c2cc(C)c(F)cc2Cl)ccc1C.